The van der Waals surface area contributed by atoms with Crippen LogP contribution in [-0.2, 0) is 4.74 Å². The summed E-state index contributed by atoms with van der Waals surface area (Å²) in [6, 6.07) is 9.67. The van der Waals surface area contributed by atoms with Crippen LogP contribution in [0.2, 0.25) is 0 Å². The highest BCUT2D eigenvalue weighted by Crippen LogP contribution is 2.29. The number of aliphatic hydroxyl groups is 1. The summed E-state index contributed by atoms with van der Waals surface area (Å²) in [7, 11) is 0. The zero-order chi connectivity index (χ0) is 12.3. The molecule has 0 heterocycles. The van der Waals surface area contributed by atoms with Gasteiger partial charge in [-0.05, 0) is 18.9 Å². The van der Waals surface area contributed by atoms with E-state index in [0.717, 1.165) is 12.0 Å². The molecule has 17 heavy (non-hydrogen) atoms. The van der Waals surface area contributed by atoms with Crippen molar-refractivity contribution >= 4 is 6.09 Å². The van der Waals surface area contributed by atoms with E-state index in [-0.39, 0.29) is 24.7 Å². The second-order valence-corrected chi connectivity index (χ2v) is 4.39. The van der Waals surface area contributed by atoms with Crippen molar-refractivity contribution < 1.29 is 14.6 Å². The van der Waals surface area contributed by atoms with E-state index < -0.39 is 6.09 Å². The summed E-state index contributed by atoms with van der Waals surface area (Å²) in [4.78, 5) is 11.5. The number of aliphatic hydroxyl groups excluding tert-OH is 1. The fraction of sp³-hybridized carbons (Fsp3) is 0.462. The van der Waals surface area contributed by atoms with Crippen molar-refractivity contribution in [2.45, 2.75) is 25.5 Å². The highest BCUT2D eigenvalue weighted by atomic mass is 16.6. The van der Waals surface area contributed by atoms with Crippen LogP contribution in [0.25, 0.3) is 0 Å². The molecular formula is C13H17NO3. The molecule has 0 saturated heterocycles. The predicted molar refractivity (Wildman–Crippen MR) is 63.5 cm³/mol. The maximum Gasteiger partial charge on any atom is 0.407 e. The second-order valence-electron chi connectivity index (χ2n) is 4.39. The van der Waals surface area contributed by atoms with E-state index >= 15 is 0 Å². The summed E-state index contributed by atoms with van der Waals surface area (Å²) in [5.74, 6) is 0.203. The lowest BCUT2D eigenvalue weighted by Gasteiger charge is -2.14. The van der Waals surface area contributed by atoms with Gasteiger partial charge in [0.05, 0.1) is 0 Å². The highest BCUT2D eigenvalue weighted by Gasteiger charge is 2.38. The van der Waals surface area contributed by atoms with Gasteiger partial charge in [0.25, 0.3) is 0 Å². The maximum absolute atomic E-state index is 11.5. The second kappa shape index (κ2) is 5.19. The van der Waals surface area contributed by atoms with E-state index in [1.54, 1.807) is 0 Å². The van der Waals surface area contributed by atoms with Crippen molar-refractivity contribution in [1.82, 2.24) is 5.32 Å². The van der Waals surface area contributed by atoms with Crippen LogP contribution in [0.1, 0.15) is 25.0 Å². The molecule has 0 unspecified atom stereocenters. The monoisotopic (exact) mass is 235 g/mol. The molecule has 1 aliphatic rings. The number of ether oxygens (including phenoxy) is 1. The van der Waals surface area contributed by atoms with Crippen molar-refractivity contribution in [3.8, 4) is 0 Å². The Bertz CT molecular complexity index is 380. The van der Waals surface area contributed by atoms with Crippen molar-refractivity contribution in [2.75, 3.05) is 6.61 Å². The number of benzene rings is 1. The normalized spacial score (nSPS) is 23.9. The molecule has 0 aromatic heterocycles. The molecule has 1 saturated carbocycles. The van der Waals surface area contributed by atoms with E-state index in [4.69, 9.17) is 9.84 Å². The summed E-state index contributed by atoms with van der Waals surface area (Å²) >= 11 is 0. The van der Waals surface area contributed by atoms with Gasteiger partial charge in [-0.1, -0.05) is 30.3 Å². The lowest BCUT2D eigenvalue weighted by atomic mass is 10.1. The lowest BCUT2D eigenvalue weighted by Crippen LogP contribution is -2.28. The summed E-state index contributed by atoms with van der Waals surface area (Å²) in [5, 5.41) is 11.6. The largest absolute Gasteiger partial charge is 0.442 e. The number of hydrogen-bond donors (Lipinski definition) is 2. The van der Waals surface area contributed by atoms with Gasteiger partial charge < -0.3 is 15.2 Å². The average molecular weight is 235 g/mol. The van der Waals surface area contributed by atoms with Gasteiger partial charge in [-0.15, -0.1) is 0 Å². The Labute approximate surface area is 101 Å². The molecule has 1 aliphatic carbocycles. The third-order valence-corrected chi connectivity index (χ3v) is 3.01. The Balaban J connectivity index is 1.79. The molecule has 3 atom stereocenters. The Morgan fingerprint density at radius 1 is 1.53 bits per heavy atom. The van der Waals surface area contributed by atoms with Crippen LogP contribution in [0, 0.1) is 5.92 Å². The first-order chi connectivity index (χ1) is 8.20. The van der Waals surface area contributed by atoms with Gasteiger partial charge in [-0.25, -0.2) is 4.79 Å². The van der Waals surface area contributed by atoms with Gasteiger partial charge in [0.15, 0.2) is 0 Å². The van der Waals surface area contributed by atoms with Crippen LogP contribution in [0.5, 0.6) is 0 Å². The van der Waals surface area contributed by atoms with E-state index in [0.29, 0.717) is 0 Å². The molecule has 1 amide bonds. The molecule has 0 radical (unpaired) electrons. The van der Waals surface area contributed by atoms with Gasteiger partial charge in [0, 0.05) is 18.6 Å². The molecule has 2 rings (SSSR count). The van der Waals surface area contributed by atoms with Gasteiger partial charge >= 0.3 is 6.09 Å². The van der Waals surface area contributed by atoms with Crippen LogP contribution < -0.4 is 5.32 Å². The number of nitrogens with one attached hydrogen (secondary N) is 1. The van der Waals surface area contributed by atoms with E-state index in [1.165, 1.54) is 0 Å². The predicted octanol–water partition coefficient (Wildman–Crippen LogP) is 1.85. The van der Waals surface area contributed by atoms with Gasteiger partial charge in [0.1, 0.15) is 6.10 Å². The topological polar surface area (TPSA) is 58.6 Å². The minimum Gasteiger partial charge on any atom is -0.442 e. The standard InChI is InChI=1S/C13H17NO3/c1-9(10-5-3-2-4-6-10)17-13(16)14-12-7-11(12)8-15/h2-6,9,11-12,15H,7-8H2,1H3,(H,14,16)/t9-,11+,12+/m0/s1. The first-order valence-electron chi connectivity index (χ1n) is 5.83. The van der Waals surface area contributed by atoms with Gasteiger partial charge in [-0.2, -0.15) is 0 Å². The third kappa shape index (κ3) is 3.20. The van der Waals surface area contributed by atoms with E-state index in [1.807, 2.05) is 37.3 Å². The Kier molecular flexibility index (Phi) is 3.64. The molecule has 1 aromatic rings. The zero-order valence-electron chi connectivity index (χ0n) is 9.80. The Morgan fingerprint density at radius 3 is 2.82 bits per heavy atom. The Morgan fingerprint density at radius 2 is 2.24 bits per heavy atom. The molecule has 1 aromatic carbocycles. The summed E-state index contributed by atoms with van der Waals surface area (Å²) in [6.07, 6.45) is 0.163. The number of amides is 1. The number of carbonyl (C=O) groups is 1. The van der Waals surface area contributed by atoms with Gasteiger partial charge in [0.2, 0.25) is 0 Å². The molecule has 92 valence electrons. The van der Waals surface area contributed by atoms with Crippen LogP contribution in [0.4, 0.5) is 4.79 Å². The van der Waals surface area contributed by atoms with E-state index in [9.17, 15) is 4.79 Å². The SMILES string of the molecule is C[C@H](OC(=O)N[C@@H]1C[C@@H]1CO)c1ccccc1. The summed E-state index contributed by atoms with van der Waals surface area (Å²) < 4.78 is 5.25. The first kappa shape index (κ1) is 11.9. The molecule has 1 fully saturated rings. The number of alkyl carbamates (subject to hydrolysis) is 1. The fourth-order valence-corrected chi connectivity index (χ4v) is 1.76. The van der Waals surface area contributed by atoms with Crippen LogP contribution in [0.3, 0.4) is 0 Å². The van der Waals surface area contributed by atoms with Crippen LogP contribution >= 0.6 is 0 Å². The lowest BCUT2D eigenvalue weighted by molar-refractivity contribution is 0.106. The molecular weight excluding hydrogens is 218 g/mol. The van der Waals surface area contributed by atoms with Crippen molar-refractivity contribution in [2.24, 2.45) is 5.92 Å². The maximum atomic E-state index is 11.5. The van der Waals surface area contributed by atoms with Crippen LogP contribution in [-0.4, -0.2) is 23.8 Å². The van der Waals surface area contributed by atoms with Crippen molar-refractivity contribution in [1.29, 1.82) is 0 Å². The van der Waals surface area contributed by atoms with Crippen molar-refractivity contribution in [3.05, 3.63) is 35.9 Å². The highest BCUT2D eigenvalue weighted by molar-refractivity contribution is 5.68. The molecule has 2 N–H and O–H groups in total. The van der Waals surface area contributed by atoms with E-state index in [2.05, 4.69) is 5.32 Å². The molecule has 4 nitrogen and oxygen atoms in total. The molecule has 0 bridgehead atoms. The minimum atomic E-state index is -0.415. The fourth-order valence-electron chi connectivity index (χ4n) is 1.76. The quantitative estimate of drug-likeness (QED) is 0.837. The molecule has 0 spiro atoms. The van der Waals surface area contributed by atoms with Gasteiger partial charge in [-0.3, -0.25) is 0 Å². The molecule has 4 heteroatoms. The summed E-state index contributed by atoms with van der Waals surface area (Å²) in [6.45, 7) is 1.96. The third-order valence-electron chi connectivity index (χ3n) is 3.01. The summed E-state index contributed by atoms with van der Waals surface area (Å²) in [5.41, 5.74) is 0.970. The zero-order valence-corrected chi connectivity index (χ0v) is 9.80. The number of hydrogen-bond acceptors (Lipinski definition) is 3. The number of rotatable bonds is 4. The average Bonchev–Trinajstić information content (AvgIpc) is 3.08. The smallest absolute Gasteiger partial charge is 0.407 e. The van der Waals surface area contributed by atoms with Crippen molar-refractivity contribution in [3.63, 3.8) is 0 Å². The minimum absolute atomic E-state index is 0.0791. The first-order valence-corrected chi connectivity index (χ1v) is 5.83. The van der Waals surface area contributed by atoms with Crippen LogP contribution in [0.15, 0.2) is 30.3 Å². The molecule has 0 aliphatic heterocycles. The Hall–Kier alpha value is -1.55. The number of carbonyl (C=O) groups excluding carboxylic acids is 1.